The number of aliphatic imine (C=N–C) groups is 2. The molecule has 2 aliphatic carbocycles. The molecule has 1 N–H and O–H groups in total. The largest absolute Gasteiger partial charge is 0.344 e. The van der Waals surface area contributed by atoms with Gasteiger partial charge in [0.15, 0.2) is 5.84 Å². The fourth-order valence-corrected chi connectivity index (χ4v) is 14.9. The normalized spacial score (nSPS) is 15.1. The number of thiophene rings is 1. The smallest absolute Gasteiger partial charge is 0.159 e. The van der Waals surface area contributed by atoms with Crippen LogP contribution in [0.1, 0.15) is 45.1 Å². The first kappa shape index (κ1) is 41.8. The number of amidine groups is 2. The molecule has 354 valence electrons. The van der Waals surface area contributed by atoms with E-state index in [2.05, 4.69) is 257 Å². The van der Waals surface area contributed by atoms with Crippen molar-refractivity contribution in [1.82, 2.24) is 14.5 Å². The Balaban J connectivity index is 1.06. The Hall–Kier alpha value is -9.62. The maximum absolute atomic E-state index is 5.48. The zero-order valence-corrected chi connectivity index (χ0v) is 41.8. The molecule has 1 unspecified atom stereocenters. The van der Waals surface area contributed by atoms with Gasteiger partial charge in [0.1, 0.15) is 12.0 Å². The molecule has 4 heterocycles. The molecule has 0 radical (unpaired) electrons. The Morgan fingerprint density at radius 1 is 0.434 bits per heavy atom. The molecule has 6 heteroatoms. The van der Waals surface area contributed by atoms with Gasteiger partial charge < -0.3 is 14.5 Å². The van der Waals surface area contributed by atoms with E-state index >= 15 is 0 Å². The first-order valence-corrected chi connectivity index (χ1v) is 26.9. The van der Waals surface area contributed by atoms with Crippen molar-refractivity contribution in [3.63, 3.8) is 0 Å². The van der Waals surface area contributed by atoms with Gasteiger partial charge in [-0.15, -0.1) is 11.3 Å². The summed E-state index contributed by atoms with van der Waals surface area (Å²) in [5.74, 6) is 1.51. The SMILES string of the molecule is c1ccc(C2=NC(c3ccc(-n4c5ccccc5c5c4c4c(c6c7ccccc7n(-c7ccccc7)c65)C5(c6ccccc6-c6ccccc65)c5ccccc5-4)c4sc5ccccc5c34)NC(c3ccccc3)=N2)cc1. The van der Waals surface area contributed by atoms with Crippen LogP contribution in [0.4, 0.5) is 0 Å². The predicted molar refractivity (Wildman–Crippen MR) is 316 cm³/mol. The minimum atomic E-state index is -0.617. The lowest BCUT2D eigenvalue weighted by atomic mass is 9.69. The predicted octanol–water partition coefficient (Wildman–Crippen LogP) is 17.1. The van der Waals surface area contributed by atoms with E-state index in [1.165, 1.54) is 103 Å². The summed E-state index contributed by atoms with van der Waals surface area (Å²) in [6.07, 6.45) is -0.421. The lowest BCUT2D eigenvalue weighted by Gasteiger charge is -2.31. The fraction of sp³-hybridized carbons (Fsp3) is 0.0286. The Labute approximate surface area is 441 Å². The van der Waals surface area contributed by atoms with E-state index in [1.54, 1.807) is 0 Å². The van der Waals surface area contributed by atoms with E-state index in [1.807, 2.05) is 17.4 Å². The summed E-state index contributed by atoms with van der Waals surface area (Å²) in [7, 11) is 0. The van der Waals surface area contributed by atoms with Crippen LogP contribution in [0.2, 0.25) is 0 Å². The summed E-state index contributed by atoms with van der Waals surface area (Å²) in [5, 5.41) is 11.2. The van der Waals surface area contributed by atoms with Crippen molar-refractivity contribution in [3.05, 3.63) is 288 Å². The number of rotatable bonds is 5. The Morgan fingerprint density at radius 3 is 1.67 bits per heavy atom. The van der Waals surface area contributed by atoms with Crippen molar-refractivity contribution >= 4 is 86.8 Å². The first-order valence-electron chi connectivity index (χ1n) is 26.1. The minimum absolute atomic E-state index is 0.421. The number of aromatic nitrogens is 2. The molecule has 5 nitrogen and oxygen atoms in total. The van der Waals surface area contributed by atoms with Gasteiger partial charge in [-0.25, -0.2) is 9.98 Å². The molecule has 1 atom stereocenters. The van der Waals surface area contributed by atoms with E-state index < -0.39 is 11.6 Å². The van der Waals surface area contributed by atoms with Crippen molar-refractivity contribution in [2.45, 2.75) is 11.6 Å². The molecule has 1 spiro atoms. The van der Waals surface area contributed by atoms with Gasteiger partial charge in [-0.2, -0.15) is 0 Å². The van der Waals surface area contributed by atoms with Crippen LogP contribution in [0.3, 0.4) is 0 Å². The topological polar surface area (TPSA) is 46.6 Å². The molecule has 0 bridgehead atoms. The lowest BCUT2D eigenvalue weighted by Crippen LogP contribution is -2.33. The van der Waals surface area contributed by atoms with Crippen LogP contribution >= 0.6 is 11.3 Å². The second-order valence-electron chi connectivity index (χ2n) is 20.3. The number of fused-ring (bicyclic) bond motifs is 22. The molecular formula is C70H43N5S. The quantitative estimate of drug-likeness (QED) is 0.184. The molecule has 11 aromatic carbocycles. The van der Waals surface area contributed by atoms with E-state index in [9.17, 15) is 0 Å². The molecule has 14 aromatic rings. The van der Waals surface area contributed by atoms with E-state index in [0.717, 1.165) is 39.4 Å². The van der Waals surface area contributed by atoms with Crippen LogP contribution in [0.25, 0.3) is 97.4 Å². The van der Waals surface area contributed by atoms with Crippen LogP contribution in [-0.2, 0) is 5.41 Å². The Morgan fingerprint density at radius 2 is 0.974 bits per heavy atom. The number of nitrogens with one attached hydrogen (secondary N) is 1. The molecule has 3 aliphatic rings. The lowest BCUT2D eigenvalue weighted by molar-refractivity contribution is 0.680. The summed E-state index contributed by atoms with van der Waals surface area (Å²) >= 11 is 1.87. The highest BCUT2D eigenvalue weighted by atomic mass is 32.1. The van der Waals surface area contributed by atoms with Crippen molar-refractivity contribution in [1.29, 1.82) is 0 Å². The van der Waals surface area contributed by atoms with Crippen LogP contribution in [0.15, 0.2) is 259 Å². The van der Waals surface area contributed by atoms with Crippen LogP contribution in [-0.4, -0.2) is 20.8 Å². The average Bonchev–Trinajstić information content (AvgIpc) is 4.47. The summed E-state index contributed by atoms with van der Waals surface area (Å²) in [6.45, 7) is 0. The summed E-state index contributed by atoms with van der Waals surface area (Å²) in [6, 6.07) is 91.4. The molecule has 76 heavy (non-hydrogen) atoms. The highest BCUT2D eigenvalue weighted by Gasteiger charge is 2.54. The van der Waals surface area contributed by atoms with Gasteiger partial charge >= 0.3 is 0 Å². The molecular weight excluding hydrogens is 943 g/mol. The van der Waals surface area contributed by atoms with E-state index in [4.69, 9.17) is 9.98 Å². The summed E-state index contributed by atoms with van der Waals surface area (Å²) < 4.78 is 7.64. The standard InChI is InChI=1S/C70H43N5S/c1-4-22-42(23-5-1)67-71-68(43-24-6-2-7-25-43)73-69(72-67)51-40-41-57(66-59(51)50-33-15-21-39-58(50)76-66)75-56-38-20-14-32-49(56)62-64-61(48-31-13-19-37-55(48)74(64)44-26-8-3-9-27-44)63-60(65(62)75)47-30-12-18-36-54(47)70(63)52-34-16-10-28-45(52)46-29-11-17-35-53(46)70/h1-41,69H,(H,71,72,73). The average molecular weight is 986 g/mol. The first-order chi connectivity index (χ1) is 37.8. The van der Waals surface area contributed by atoms with Crippen LogP contribution in [0.5, 0.6) is 0 Å². The Kier molecular flexibility index (Phi) is 8.64. The van der Waals surface area contributed by atoms with E-state index in [-0.39, 0.29) is 0 Å². The van der Waals surface area contributed by atoms with Gasteiger partial charge in [-0.1, -0.05) is 212 Å². The highest BCUT2D eigenvalue weighted by molar-refractivity contribution is 7.26. The maximum Gasteiger partial charge on any atom is 0.159 e. The monoisotopic (exact) mass is 985 g/mol. The van der Waals surface area contributed by atoms with Crippen molar-refractivity contribution < 1.29 is 0 Å². The number of hydrogen-bond donors (Lipinski definition) is 1. The fourth-order valence-electron chi connectivity index (χ4n) is 13.7. The number of nitrogens with zero attached hydrogens (tertiary/aromatic N) is 4. The zero-order valence-electron chi connectivity index (χ0n) is 40.9. The third-order valence-electron chi connectivity index (χ3n) is 16.6. The molecule has 17 rings (SSSR count). The molecule has 1 aliphatic heterocycles. The number of para-hydroxylation sites is 3. The van der Waals surface area contributed by atoms with Crippen molar-refractivity contribution in [3.8, 4) is 33.6 Å². The second-order valence-corrected chi connectivity index (χ2v) is 21.3. The molecule has 0 saturated carbocycles. The maximum atomic E-state index is 5.48. The van der Waals surface area contributed by atoms with E-state index in [0.29, 0.717) is 5.84 Å². The third kappa shape index (κ3) is 5.47. The molecule has 0 amide bonds. The minimum Gasteiger partial charge on any atom is -0.344 e. The molecule has 3 aromatic heterocycles. The van der Waals surface area contributed by atoms with Crippen molar-refractivity contribution in [2.75, 3.05) is 0 Å². The number of hydrogen-bond acceptors (Lipinski definition) is 4. The van der Waals surface area contributed by atoms with Gasteiger partial charge in [0, 0.05) is 65.0 Å². The number of benzene rings is 11. The van der Waals surface area contributed by atoms with Gasteiger partial charge in [0.2, 0.25) is 0 Å². The summed E-state index contributed by atoms with van der Waals surface area (Å²) in [4.78, 5) is 10.7. The molecule has 0 fully saturated rings. The van der Waals surface area contributed by atoms with Crippen molar-refractivity contribution in [2.24, 2.45) is 9.98 Å². The van der Waals surface area contributed by atoms with Gasteiger partial charge in [0.25, 0.3) is 0 Å². The second kappa shape index (κ2) is 15.7. The third-order valence-corrected chi connectivity index (χ3v) is 17.8. The van der Waals surface area contributed by atoms with Crippen LogP contribution < -0.4 is 5.32 Å². The Bertz CT molecular complexity index is 4800. The van der Waals surface area contributed by atoms with Gasteiger partial charge in [-0.3, -0.25) is 0 Å². The van der Waals surface area contributed by atoms with Crippen LogP contribution in [0, 0.1) is 0 Å². The summed E-state index contributed by atoms with van der Waals surface area (Å²) in [5.41, 5.74) is 20.0. The molecule has 0 saturated heterocycles. The van der Waals surface area contributed by atoms with Gasteiger partial charge in [0.05, 0.1) is 37.9 Å². The van der Waals surface area contributed by atoms with Gasteiger partial charge in [-0.05, 0) is 75.3 Å². The zero-order chi connectivity index (χ0) is 49.6. The highest BCUT2D eigenvalue weighted by Crippen LogP contribution is 2.67.